The standard InChI is InChI=1S/C24H24N4O2/c1-16-20-15-25-28(21-10-4-5-11-22(21)30-3)24(29)23(20)17(2)27(16)19-9-6-8-18(14-19)26-12-7-13-26/h4-6,8-11,14-15H,7,12-13H2,1-3H3. The summed E-state index contributed by atoms with van der Waals surface area (Å²) in [6, 6.07) is 15.9. The van der Waals surface area contributed by atoms with Crippen molar-refractivity contribution in [1.29, 1.82) is 0 Å². The molecule has 0 radical (unpaired) electrons. The Labute approximate surface area is 174 Å². The van der Waals surface area contributed by atoms with Gasteiger partial charge in [-0.15, -0.1) is 0 Å². The fourth-order valence-corrected chi connectivity index (χ4v) is 4.33. The third kappa shape index (κ3) is 2.71. The van der Waals surface area contributed by atoms with Crippen molar-refractivity contribution >= 4 is 16.5 Å². The third-order valence-electron chi connectivity index (χ3n) is 6.02. The molecule has 0 saturated carbocycles. The molecule has 4 aromatic rings. The molecule has 0 aliphatic carbocycles. The number of aromatic nitrogens is 3. The number of anilines is 1. The number of rotatable bonds is 4. The molecule has 1 aliphatic heterocycles. The molecule has 2 aromatic heterocycles. The molecule has 0 spiro atoms. The smallest absolute Gasteiger partial charge is 0.281 e. The molecule has 2 aromatic carbocycles. The molecule has 0 amide bonds. The minimum absolute atomic E-state index is 0.143. The van der Waals surface area contributed by atoms with Crippen LogP contribution in [0.2, 0.25) is 0 Å². The Morgan fingerprint density at radius 1 is 0.967 bits per heavy atom. The maximum Gasteiger partial charge on any atom is 0.281 e. The number of fused-ring (bicyclic) bond motifs is 1. The lowest BCUT2D eigenvalue weighted by Crippen LogP contribution is -2.36. The predicted octanol–water partition coefficient (Wildman–Crippen LogP) is 4.01. The summed E-state index contributed by atoms with van der Waals surface area (Å²) >= 11 is 0. The Hall–Kier alpha value is -3.54. The van der Waals surface area contributed by atoms with Crippen molar-refractivity contribution in [2.24, 2.45) is 0 Å². The van der Waals surface area contributed by atoms with E-state index in [-0.39, 0.29) is 5.56 Å². The number of methoxy groups -OCH3 is 1. The van der Waals surface area contributed by atoms with Crippen LogP contribution in [-0.2, 0) is 0 Å². The van der Waals surface area contributed by atoms with E-state index in [2.05, 4.69) is 38.8 Å². The second-order valence-electron chi connectivity index (χ2n) is 7.69. The van der Waals surface area contributed by atoms with E-state index in [1.165, 1.54) is 16.8 Å². The molecule has 0 bridgehead atoms. The predicted molar refractivity (Wildman–Crippen MR) is 120 cm³/mol. The first-order valence-electron chi connectivity index (χ1n) is 10.2. The Kier molecular flexibility index (Phi) is 4.35. The van der Waals surface area contributed by atoms with Gasteiger partial charge in [0, 0.05) is 41.2 Å². The lowest BCUT2D eigenvalue weighted by Gasteiger charge is -2.33. The van der Waals surface area contributed by atoms with Crippen molar-refractivity contribution in [2.75, 3.05) is 25.1 Å². The zero-order chi connectivity index (χ0) is 20.8. The van der Waals surface area contributed by atoms with Gasteiger partial charge in [-0.3, -0.25) is 4.79 Å². The van der Waals surface area contributed by atoms with Gasteiger partial charge in [-0.05, 0) is 50.6 Å². The highest BCUT2D eigenvalue weighted by atomic mass is 16.5. The maximum absolute atomic E-state index is 13.5. The number of hydrogen-bond acceptors (Lipinski definition) is 4. The lowest BCUT2D eigenvalue weighted by molar-refractivity contribution is 0.411. The first-order valence-corrected chi connectivity index (χ1v) is 10.2. The van der Waals surface area contributed by atoms with Crippen molar-refractivity contribution in [2.45, 2.75) is 20.3 Å². The monoisotopic (exact) mass is 400 g/mol. The Morgan fingerprint density at radius 2 is 1.73 bits per heavy atom. The van der Waals surface area contributed by atoms with E-state index in [0.29, 0.717) is 16.8 Å². The number of benzene rings is 2. The van der Waals surface area contributed by atoms with Gasteiger partial charge in [0.05, 0.1) is 18.7 Å². The van der Waals surface area contributed by atoms with Crippen LogP contribution in [0.1, 0.15) is 17.8 Å². The van der Waals surface area contributed by atoms with Crippen LogP contribution in [0.5, 0.6) is 5.75 Å². The summed E-state index contributed by atoms with van der Waals surface area (Å²) in [4.78, 5) is 15.8. The summed E-state index contributed by atoms with van der Waals surface area (Å²) < 4.78 is 9.02. The molecule has 6 heteroatoms. The topological polar surface area (TPSA) is 52.3 Å². The van der Waals surface area contributed by atoms with Crippen LogP contribution in [0, 0.1) is 13.8 Å². The van der Waals surface area contributed by atoms with Crippen molar-refractivity contribution in [3.05, 3.63) is 76.5 Å². The second kappa shape index (κ2) is 7.06. The maximum atomic E-state index is 13.5. The highest BCUT2D eigenvalue weighted by Gasteiger charge is 2.20. The Bertz CT molecular complexity index is 1310. The number of ether oxygens (including phenoxy) is 1. The van der Waals surface area contributed by atoms with Gasteiger partial charge in [0.2, 0.25) is 0 Å². The lowest BCUT2D eigenvalue weighted by atomic mass is 10.1. The van der Waals surface area contributed by atoms with Gasteiger partial charge in [-0.2, -0.15) is 9.78 Å². The van der Waals surface area contributed by atoms with E-state index in [1.807, 2.05) is 38.1 Å². The summed E-state index contributed by atoms with van der Waals surface area (Å²) in [5, 5.41) is 6.02. The number of nitrogens with zero attached hydrogens (tertiary/aromatic N) is 4. The van der Waals surface area contributed by atoms with Gasteiger partial charge in [0.25, 0.3) is 5.56 Å². The molecule has 152 valence electrons. The van der Waals surface area contributed by atoms with Crippen LogP contribution < -0.4 is 15.2 Å². The zero-order valence-electron chi connectivity index (χ0n) is 17.4. The normalized spacial score (nSPS) is 13.5. The molecule has 1 saturated heterocycles. The number of hydrogen-bond donors (Lipinski definition) is 0. The van der Waals surface area contributed by atoms with Crippen LogP contribution in [0.25, 0.3) is 22.1 Å². The number of para-hydroxylation sites is 2. The minimum Gasteiger partial charge on any atom is -0.494 e. The number of aryl methyl sites for hydroxylation is 2. The third-order valence-corrected chi connectivity index (χ3v) is 6.02. The van der Waals surface area contributed by atoms with E-state index in [1.54, 1.807) is 13.3 Å². The summed E-state index contributed by atoms with van der Waals surface area (Å²) in [6.45, 7) is 6.24. The molecule has 6 nitrogen and oxygen atoms in total. The molecule has 3 heterocycles. The van der Waals surface area contributed by atoms with Gasteiger partial charge in [-0.25, -0.2) is 0 Å². The average Bonchev–Trinajstić information content (AvgIpc) is 2.98. The molecule has 5 rings (SSSR count). The van der Waals surface area contributed by atoms with Gasteiger partial charge >= 0.3 is 0 Å². The molecule has 30 heavy (non-hydrogen) atoms. The Morgan fingerprint density at radius 3 is 2.47 bits per heavy atom. The average molecular weight is 400 g/mol. The van der Waals surface area contributed by atoms with Gasteiger partial charge < -0.3 is 14.2 Å². The van der Waals surface area contributed by atoms with Crippen LogP contribution in [0.4, 0.5) is 5.69 Å². The quantitative estimate of drug-likeness (QED) is 0.519. The molecule has 0 unspecified atom stereocenters. The van der Waals surface area contributed by atoms with Gasteiger partial charge in [-0.1, -0.05) is 18.2 Å². The van der Waals surface area contributed by atoms with E-state index in [4.69, 9.17) is 4.74 Å². The van der Waals surface area contributed by atoms with Crippen LogP contribution in [-0.4, -0.2) is 34.5 Å². The van der Waals surface area contributed by atoms with Crippen LogP contribution >= 0.6 is 0 Å². The molecule has 0 atom stereocenters. The van der Waals surface area contributed by atoms with E-state index in [0.717, 1.165) is 35.6 Å². The van der Waals surface area contributed by atoms with Crippen LogP contribution in [0.3, 0.4) is 0 Å². The first kappa shape index (κ1) is 18.5. The van der Waals surface area contributed by atoms with E-state index in [9.17, 15) is 4.79 Å². The molecular weight excluding hydrogens is 376 g/mol. The van der Waals surface area contributed by atoms with Crippen molar-refractivity contribution in [3.8, 4) is 17.1 Å². The van der Waals surface area contributed by atoms with E-state index >= 15 is 0 Å². The largest absolute Gasteiger partial charge is 0.494 e. The molecular formula is C24H24N4O2. The first-order chi connectivity index (χ1) is 14.6. The van der Waals surface area contributed by atoms with Crippen molar-refractivity contribution < 1.29 is 4.74 Å². The Balaban J connectivity index is 1.71. The second-order valence-corrected chi connectivity index (χ2v) is 7.69. The summed E-state index contributed by atoms with van der Waals surface area (Å²) in [6.07, 6.45) is 3.02. The van der Waals surface area contributed by atoms with Gasteiger partial charge in [0.15, 0.2) is 0 Å². The van der Waals surface area contributed by atoms with Gasteiger partial charge in [0.1, 0.15) is 11.4 Å². The fraction of sp³-hybridized carbons (Fsp3) is 0.250. The fourth-order valence-electron chi connectivity index (χ4n) is 4.33. The summed E-state index contributed by atoms with van der Waals surface area (Å²) in [5.74, 6) is 0.613. The minimum atomic E-state index is -0.143. The SMILES string of the molecule is COc1ccccc1-n1ncc2c(C)n(-c3cccc(N4CCC4)c3)c(C)c2c1=O. The van der Waals surface area contributed by atoms with E-state index < -0.39 is 0 Å². The summed E-state index contributed by atoms with van der Waals surface area (Å²) in [5.41, 5.74) is 4.71. The highest BCUT2D eigenvalue weighted by molar-refractivity contribution is 5.88. The van der Waals surface area contributed by atoms with Crippen molar-refractivity contribution in [1.82, 2.24) is 14.3 Å². The zero-order valence-corrected chi connectivity index (χ0v) is 17.4. The van der Waals surface area contributed by atoms with Crippen molar-refractivity contribution in [3.63, 3.8) is 0 Å². The molecule has 0 N–H and O–H groups in total. The molecule has 1 aliphatic rings. The summed E-state index contributed by atoms with van der Waals surface area (Å²) in [7, 11) is 1.60. The highest BCUT2D eigenvalue weighted by Crippen LogP contribution is 2.30. The molecule has 1 fully saturated rings. The van der Waals surface area contributed by atoms with Crippen LogP contribution in [0.15, 0.2) is 59.5 Å².